The third-order valence-corrected chi connectivity index (χ3v) is 6.39. The third kappa shape index (κ3) is 7.10. The van der Waals surface area contributed by atoms with E-state index in [1.54, 1.807) is 6.21 Å². The van der Waals surface area contributed by atoms with Crippen LogP contribution in [0.2, 0.25) is 0 Å². The highest BCUT2D eigenvalue weighted by atomic mass is 16.5. The van der Waals surface area contributed by atoms with Gasteiger partial charge in [-0.1, -0.05) is 95.3 Å². The van der Waals surface area contributed by atoms with Crippen molar-refractivity contribution in [2.24, 2.45) is 10.5 Å². The van der Waals surface area contributed by atoms with Gasteiger partial charge in [0.25, 0.3) is 5.91 Å². The van der Waals surface area contributed by atoms with Crippen molar-refractivity contribution >= 4 is 23.0 Å². The van der Waals surface area contributed by atoms with E-state index in [1.807, 2.05) is 42.5 Å². The number of ether oxygens (including phenoxy) is 1. The largest absolute Gasteiger partial charge is 0.484 e. The fraction of sp³-hybridized carbons (Fsp3) is 0.312. The van der Waals surface area contributed by atoms with Crippen LogP contribution in [-0.4, -0.2) is 23.3 Å². The molecule has 0 spiro atoms. The molecule has 4 aromatic rings. The summed E-state index contributed by atoms with van der Waals surface area (Å²) in [7, 11) is 0. The number of rotatable bonds is 9. The van der Waals surface area contributed by atoms with Crippen molar-refractivity contribution in [2.75, 3.05) is 6.61 Å². The van der Waals surface area contributed by atoms with E-state index in [0.29, 0.717) is 5.75 Å². The van der Waals surface area contributed by atoms with Crippen molar-refractivity contribution in [3.8, 4) is 5.75 Å². The molecule has 1 N–H and O–H groups in total. The van der Waals surface area contributed by atoms with Gasteiger partial charge in [0.2, 0.25) is 0 Å². The van der Waals surface area contributed by atoms with Gasteiger partial charge in [0.05, 0.1) is 6.21 Å². The number of hydrogen-bond donors (Lipinski definition) is 1. The zero-order valence-corrected chi connectivity index (χ0v) is 22.5. The molecule has 5 nitrogen and oxygen atoms in total. The molecule has 0 aliphatic heterocycles. The maximum atomic E-state index is 12.3. The maximum absolute atomic E-state index is 12.3. The van der Waals surface area contributed by atoms with Crippen molar-refractivity contribution in [3.05, 3.63) is 102 Å². The summed E-state index contributed by atoms with van der Waals surface area (Å²) in [5.41, 5.74) is 7.44. The highest BCUT2D eigenvalue weighted by Gasteiger charge is 2.27. The average molecular weight is 496 g/mol. The minimum atomic E-state index is -0.304. The van der Waals surface area contributed by atoms with Crippen molar-refractivity contribution in [1.82, 2.24) is 9.99 Å². The Balaban J connectivity index is 1.34. The van der Waals surface area contributed by atoms with Crippen molar-refractivity contribution in [1.29, 1.82) is 0 Å². The van der Waals surface area contributed by atoms with Crippen molar-refractivity contribution in [2.45, 2.75) is 53.0 Å². The Bertz CT molecular complexity index is 1360. The summed E-state index contributed by atoms with van der Waals surface area (Å²) in [6.45, 7) is 12.0. The summed E-state index contributed by atoms with van der Waals surface area (Å²) in [6, 6.07) is 26.6. The van der Waals surface area contributed by atoms with Crippen LogP contribution in [0.3, 0.4) is 0 Å². The molecule has 0 saturated carbocycles. The SMILES string of the molecule is CC(C)(C)CC(C)(C)c1ccc(OCC(=O)N/N=C/c2cn(Cc3ccccc3)c3ccccc23)cc1. The van der Waals surface area contributed by atoms with Gasteiger partial charge in [-0.25, -0.2) is 5.43 Å². The molecular weight excluding hydrogens is 458 g/mol. The van der Waals surface area contributed by atoms with Gasteiger partial charge in [0.1, 0.15) is 5.75 Å². The van der Waals surface area contributed by atoms with Gasteiger partial charge >= 0.3 is 0 Å². The number of hydrogen-bond acceptors (Lipinski definition) is 3. The molecule has 1 heterocycles. The third-order valence-electron chi connectivity index (χ3n) is 6.39. The van der Waals surface area contributed by atoms with Crippen LogP contribution in [0, 0.1) is 5.41 Å². The van der Waals surface area contributed by atoms with Crippen molar-refractivity contribution in [3.63, 3.8) is 0 Å². The lowest BCUT2D eigenvalue weighted by atomic mass is 9.72. The molecule has 37 heavy (non-hydrogen) atoms. The lowest BCUT2D eigenvalue weighted by Crippen LogP contribution is -2.25. The number of nitrogens with one attached hydrogen (secondary N) is 1. The lowest BCUT2D eigenvalue weighted by Gasteiger charge is -2.33. The number of nitrogens with zero attached hydrogens (tertiary/aromatic N) is 2. The molecule has 3 aromatic carbocycles. The van der Waals surface area contributed by atoms with Crippen LogP contribution in [0.25, 0.3) is 10.9 Å². The molecule has 0 unspecified atom stereocenters. The highest BCUT2D eigenvalue weighted by molar-refractivity contribution is 5.99. The van der Waals surface area contributed by atoms with E-state index in [4.69, 9.17) is 4.74 Å². The minimum Gasteiger partial charge on any atom is -0.484 e. The molecule has 4 rings (SSSR count). The lowest BCUT2D eigenvalue weighted by molar-refractivity contribution is -0.123. The molecule has 0 aliphatic rings. The smallest absolute Gasteiger partial charge is 0.277 e. The van der Waals surface area contributed by atoms with Gasteiger partial charge < -0.3 is 9.30 Å². The first-order valence-corrected chi connectivity index (χ1v) is 12.8. The van der Waals surface area contributed by atoms with Gasteiger partial charge in [-0.05, 0) is 46.6 Å². The summed E-state index contributed by atoms with van der Waals surface area (Å²) in [5.74, 6) is 0.361. The molecule has 1 amide bonds. The Hall–Kier alpha value is -3.86. The Kier molecular flexibility index (Phi) is 7.82. The summed E-state index contributed by atoms with van der Waals surface area (Å²) in [5, 5.41) is 5.27. The van der Waals surface area contributed by atoms with Crippen molar-refractivity contribution < 1.29 is 9.53 Å². The number of carbonyl (C=O) groups excluding carboxylic acids is 1. The standard InChI is InChI=1S/C32H37N3O2/c1-31(2,3)23-32(4,5)26-15-17-27(18-16-26)37-22-30(36)34-33-19-25-21-35(20-24-11-7-6-8-12-24)29-14-10-9-13-28(25)29/h6-19,21H,20,22-23H2,1-5H3,(H,34,36)/b33-19+. The van der Waals surface area contributed by atoms with E-state index in [9.17, 15) is 4.79 Å². The number of fused-ring (bicyclic) bond motifs is 1. The number of hydrazone groups is 1. The molecule has 0 atom stereocenters. The normalized spacial score (nSPS) is 12.2. The van der Waals surface area contributed by atoms with Gasteiger partial charge in [-0.2, -0.15) is 5.10 Å². The predicted octanol–water partition coefficient (Wildman–Crippen LogP) is 6.93. The number of aromatic nitrogens is 1. The van der Waals surface area contributed by atoms with Gasteiger partial charge in [0.15, 0.2) is 6.61 Å². The molecule has 192 valence electrons. The van der Waals surface area contributed by atoms with Crippen LogP contribution in [0.15, 0.2) is 90.2 Å². The topological polar surface area (TPSA) is 55.6 Å². The Morgan fingerprint density at radius 2 is 1.59 bits per heavy atom. The highest BCUT2D eigenvalue weighted by Crippen LogP contribution is 2.36. The van der Waals surface area contributed by atoms with E-state index in [2.05, 4.69) is 92.3 Å². The molecule has 0 saturated heterocycles. The summed E-state index contributed by atoms with van der Waals surface area (Å²) >= 11 is 0. The van der Waals surface area contributed by atoms with Crippen LogP contribution in [0.4, 0.5) is 0 Å². The summed E-state index contributed by atoms with van der Waals surface area (Å²) in [4.78, 5) is 12.3. The van der Waals surface area contributed by atoms with Crippen LogP contribution < -0.4 is 10.2 Å². The zero-order chi connectivity index (χ0) is 26.5. The second kappa shape index (κ2) is 11.0. The Morgan fingerprint density at radius 1 is 0.919 bits per heavy atom. The maximum Gasteiger partial charge on any atom is 0.277 e. The number of amides is 1. The van der Waals surface area contributed by atoms with E-state index in [1.165, 1.54) is 11.1 Å². The first-order valence-electron chi connectivity index (χ1n) is 12.8. The van der Waals surface area contributed by atoms with Gasteiger partial charge in [0, 0.05) is 29.2 Å². The van der Waals surface area contributed by atoms with Crippen LogP contribution in [0.1, 0.15) is 57.7 Å². The molecule has 0 aliphatic carbocycles. The minimum absolute atomic E-state index is 0.0626. The fourth-order valence-electron chi connectivity index (χ4n) is 5.07. The quantitative estimate of drug-likeness (QED) is 0.202. The predicted molar refractivity (Wildman–Crippen MR) is 152 cm³/mol. The van der Waals surface area contributed by atoms with E-state index in [-0.39, 0.29) is 23.3 Å². The molecule has 1 aromatic heterocycles. The number of benzene rings is 3. The molecule has 5 heteroatoms. The van der Waals surface area contributed by atoms with E-state index >= 15 is 0 Å². The number of carbonyl (C=O) groups is 1. The van der Waals surface area contributed by atoms with E-state index in [0.717, 1.165) is 29.4 Å². The summed E-state index contributed by atoms with van der Waals surface area (Å²) in [6.07, 6.45) is 4.83. The fourth-order valence-corrected chi connectivity index (χ4v) is 5.07. The van der Waals surface area contributed by atoms with Gasteiger partial charge in [-0.15, -0.1) is 0 Å². The average Bonchev–Trinajstić information content (AvgIpc) is 3.19. The molecule has 0 radical (unpaired) electrons. The van der Waals surface area contributed by atoms with Crippen LogP contribution in [0.5, 0.6) is 5.75 Å². The first-order chi connectivity index (χ1) is 17.6. The Morgan fingerprint density at radius 3 is 2.30 bits per heavy atom. The second-order valence-electron chi connectivity index (χ2n) is 11.4. The second-order valence-corrected chi connectivity index (χ2v) is 11.4. The molecule has 0 fully saturated rings. The monoisotopic (exact) mass is 495 g/mol. The first kappa shape index (κ1) is 26.2. The van der Waals surface area contributed by atoms with Crippen LogP contribution >= 0.6 is 0 Å². The molecule has 0 bridgehead atoms. The zero-order valence-electron chi connectivity index (χ0n) is 22.5. The summed E-state index contributed by atoms with van der Waals surface area (Å²) < 4.78 is 7.89. The number of para-hydroxylation sites is 1. The molecular formula is C32H37N3O2. The van der Waals surface area contributed by atoms with Crippen LogP contribution in [-0.2, 0) is 16.8 Å². The van der Waals surface area contributed by atoms with E-state index < -0.39 is 0 Å². The van der Waals surface area contributed by atoms with Gasteiger partial charge in [-0.3, -0.25) is 4.79 Å². The Labute approximate surface area is 220 Å².